The van der Waals surface area contributed by atoms with E-state index in [1.54, 1.807) is 6.92 Å². The minimum absolute atomic E-state index is 0.111. The highest BCUT2D eigenvalue weighted by Gasteiger charge is 2.20. The number of rotatable bonds is 4. The fourth-order valence-electron chi connectivity index (χ4n) is 1.93. The van der Waals surface area contributed by atoms with E-state index in [-0.39, 0.29) is 11.7 Å². The number of nitrogens with zero attached hydrogens (tertiary/aromatic N) is 2. The molecule has 84 valence electrons. The van der Waals surface area contributed by atoms with Crippen LogP contribution < -0.4 is 0 Å². The van der Waals surface area contributed by atoms with Gasteiger partial charge in [-0.15, -0.1) is 0 Å². The van der Waals surface area contributed by atoms with Crippen molar-refractivity contribution in [3.63, 3.8) is 0 Å². The van der Waals surface area contributed by atoms with Crippen molar-refractivity contribution in [1.29, 1.82) is 0 Å². The van der Waals surface area contributed by atoms with Gasteiger partial charge in [0.2, 0.25) is 0 Å². The van der Waals surface area contributed by atoms with Crippen LogP contribution in [-0.4, -0.2) is 15.6 Å². The summed E-state index contributed by atoms with van der Waals surface area (Å²) in [5.41, 5.74) is 2.15. The molecule has 15 heavy (non-hydrogen) atoms. The number of Topliss-reactive ketones (excluding diaryl/α,β-unsaturated/α-hetero) is 1. The molecule has 0 aromatic carbocycles. The zero-order valence-electron chi connectivity index (χ0n) is 10.2. The summed E-state index contributed by atoms with van der Waals surface area (Å²) in [7, 11) is 1.93. The molecule has 0 fully saturated rings. The van der Waals surface area contributed by atoms with Gasteiger partial charge in [-0.3, -0.25) is 9.48 Å². The first-order valence-electron chi connectivity index (χ1n) is 5.41. The molecule has 0 bridgehead atoms. The van der Waals surface area contributed by atoms with E-state index in [4.69, 9.17) is 0 Å². The van der Waals surface area contributed by atoms with E-state index in [1.165, 1.54) is 0 Å². The number of carbonyl (C=O) groups excluding carboxylic acids is 1. The van der Waals surface area contributed by atoms with Gasteiger partial charge in [-0.05, 0) is 32.3 Å². The predicted octanol–water partition coefficient (Wildman–Crippen LogP) is 2.13. The molecule has 0 amide bonds. The lowest BCUT2D eigenvalue weighted by molar-refractivity contribution is -0.122. The lowest BCUT2D eigenvalue weighted by Gasteiger charge is -2.17. The van der Waals surface area contributed by atoms with Gasteiger partial charge in [0.15, 0.2) is 0 Å². The number of carbonyl (C=O) groups is 1. The highest BCUT2D eigenvalue weighted by atomic mass is 16.1. The Balaban J connectivity index is 2.83. The third-order valence-electron chi connectivity index (χ3n) is 2.85. The molecule has 1 aromatic heterocycles. The van der Waals surface area contributed by atoms with Crippen molar-refractivity contribution >= 4 is 5.78 Å². The number of hydrogen-bond acceptors (Lipinski definition) is 2. The molecule has 1 aromatic rings. The molecule has 0 aliphatic carbocycles. The van der Waals surface area contributed by atoms with Crippen molar-refractivity contribution in [2.75, 3.05) is 0 Å². The Bertz CT molecular complexity index is 353. The summed E-state index contributed by atoms with van der Waals surface area (Å²) in [6.45, 7) is 7.83. The zero-order chi connectivity index (χ0) is 11.6. The Morgan fingerprint density at radius 3 is 2.47 bits per heavy atom. The second kappa shape index (κ2) is 4.60. The maximum atomic E-state index is 11.5. The quantitative estimate of drug-likeness (QED) is 0.759. The molecule has 1 rings (SSSR count). The molecule has 1 atom stereocenters. The number of aromatic nitrogens is 2. The molecule has 1 unspecified atom stereocenters. The van der Waals surface area contributed by atoms with E-state index in [0.29, 0.717) is 5.92 Å². The maximum Gasteiger partial charge on any atom is 0.133 e. The van der Waals surface area contributed by atoms with Crippen molar-refractivity contribution in [3.05, 3.63) is 17.5 Å². The molecule has 0 aliphatic rings. The van der Waals surface area contributed by atoms with Gasteiger partial charge in [-0.25, -0.2) is 0 Å². The zero-order valence-corrected chi connectivity index (χ0v) is 10.2. The molecule has 3 nitrogen and oxygen atoms in total. The van der Waals surface area contributed by atoms with E-state index in [9.17, 15) is 4.79 Å². The highest BCUT2D eigenvalue weighted by molar-refractivity contribution is 5.78. The maximum absolute atomic E-state index is 11.5. The van der Waals surface area contributed by atoms with Crippen LogP contribution in [0.25, 0.3) is 0 Å². The van der Waals surface area contributed by atoms with E-state index >= 15 is 0 Å². The Kier molecular flexibility index (Phi) is 3.66. The first kappa shape index (κ1) is 12.0. The monoisotopic (exact) mass is 208 g/mol. The second-order valence-electron chi connectivity index (χ2n) is 4.57. The lowest BCUT2D eigenvalue weighted by atomic mass is 9.88. The van der Waals surface area contributed by atoms with Crippen LogP contribution in [0, 0.1) is 18.8 Å². The Hall–Kier alpha value is -1.12. The highest BCUT2D eigenvalue weighted by Crippen LogP contribution is 2.18. The van der Waals surface area contributed by atoms with E-state index < -0.39 is 0 Å². The molecule has 0 saturated carbocycles. The van der Waals surface area contributed by atoms with Crippen molar-refractivity contribution in [3.8, 4) is 0 Å². The van der Waals surface area contributed by atoms with Crippen molar-refractivity contribution in [1.82, 2.24) is 9.78 Å². The summed E-state index contributed by atoms with van der Waals surface area (Å²) in [6, 6.07) is 2.05. The third-order valence-corrected chi connectivity index (χ3v) is 2.85. The number of ketones is 1. The molecule has 0 N–H and O–H groups in total. The Morgan fingerprint density at radius 2 is 2.13 bits per heavy atom. The van der Waals surface area contributed by atoms with Crippen molar-refractivity contribution in [2.45, 2.75) is 34.1 Å². The number of aryl methyl sites for hydroxylation is 2. The van der Waals surface area contributed by atoms with Crippen LogP contribution in [0.5, 0.6) is 0 Å². The van der Waals surface area contributed by atoms with Gasteiger partial charge < -0.3 is 0 Å². The summed E-state index contributed by atoms with van der Waals surface area (Å²) in [4.78, 5) is 11.5. The first-order valence-corrected chi connectivity index (χ1v) is 5.41. The fourth-order valence-corrected chi connectivity index (χ4v) is 1.93. The summed E-state index contributed by atoms with van der Waals surface area (Å²) < 4.78 is 1.87. The topological polar surface area (TPSA) is 34.9 Å². The normalized spacial score (nSPS) is 13.2. The lowest BCUT2D eigenvalue weighted by Crippen LogP contribution is -2.21. The smallest absolute Gasteiger partial charge is 0.133 e. The van der Waals surface area contributed by atoms with Gasteiger partial charge in [0, 0.05) is 18.7 Å². The van der Waals surface area contributed by atoms with Crippen LogP contribution in [0.4, 0.5) is 0 Å². The molecular formula is C12H20N2O. The largest absolute Gasteiger partial charge is 0.300 e. The van der Waals surface area contributed by atoms with Gasteiger partial charge in [0.1, 0.15) is 5.78 Å². The van der Waals surface area contributed by atoms with Crippen molar-refractivity contribution < 1.29 is 4.79 Å². The fraction of sp³-hybridized carbons (Fsp3) is 0.667. The molecule has 0 radical (unpaired) electrons. The van der Waals surface area contributed by atoms with Crippen LogP contribution in [0.3, 0.4) is 0 Å². The molecule has 0 spiro atoms. The van der Waals surface area contributed by atoms with E-state index in [2.05, 4.69) is 25.0 Å². The van der Waals surface area contributed by atoms with Gasteiger partial charge in [-0.1, -0.05) is 13.8 Å². The predicted molar refractivity (Wildman–Crippen MR) is 60.7 cm³/mol. The summed E-state index contributed by atoms with van der Waals surface area (Å²) in [5.74, 6) is 0.765. The summed E-state index contributed by atoms with van der Waals surface area (Å²) >= 11 is 0. The van der Waals surface area contributed by atoms with Crippen LogP contribution in [0.2, 0.25) is 0 Å². The molecular weight excluding hydrogens is 188 g/mol. The minimum Gasteiger partial charge on any atom is -0.300 e. The van der Waals surface area contributed by atoms with Gasteiger partial charge in [0.25, 0.3) is 0 Å². The average Bonchev–Trinajstić information content (AvgIpc) is 2.39. The average molecular weight is 208 g/mol. The molecule has 0 aliphatic heterocycles. The van der Waals surface area contributed by atoms with E-state index in [1.807, 2.05) is 18.7 Å². The summed E-state index contributed by atoms with van der Waals surface area (Å²) in [5, 5.41) is 4.29. The summed E-state index contributed by atoms with van der Waals surface area (Å²) in [6.07, 6.45) is 0.796. The Labute approximate surface area is 91.5 Å². The third kappa shape index (κ3) is 2.91. The van der Waals surface area contributed by atoms with Gasteiger partial charge >= 0.3 is 0 Å². The van der Waals surface area contributed by atoms with Crippen LogP contribution in [-0.2, 0) is 18.3 Å². The van der Waals surface area contributed by atoms with Gasteiger partial charge in [-0.2, -0.15) is 5.10 Å². The number of hydrogen-bond donors (Lipinski definition) is 0. The minimum atomic E-state index is 0.111. The van der Waals surface area contributed by atoms with Crippen LogP contribution >= 0.6 is 0 Å². The van der Waals surface area contributed by atoms with Crippen LogP contribution in [0.1, 0.15) is 32.2 Å². The standard InChI is InChI=1S/C12H20N2O/c1-8(2)12(10(4)15)7-11-6-9(3)13-14(11)5/h6,8,12H,7H2,1-5H3. The van der Waals surface area contributed by atoms with Gasteiger partial charge in [0.05, 0.1) is 5.69 Å². The first-order chi connectivity index (χ1) is 6.91. The molecule has 3 heteroatoms. The second-order valence-corrected chi connectivity index (χ2v) is 4.57. The Morgan fingerprint density at radius 1 is 1.53 bits per heavy atom. The molecule has 1 heterocycles. The SMILES string of the molecule is CC(=O)C(Cc1cc(C)nn1C)C(C)C. The van der Waals surface area contributed by atoms with E-state index in [0.717, 1.165) is 17.8 Å². The van der Waals surface area contributed by atoms with Crippen LogP contribution in [0.15, 0.2) is 6.07 Å². The molecule has 0 saturated heterocycles. The van der Waals surface area contributed by atoms with Crippen molar-refractivity contribution in [2.24, 2.45) is 18.9 Å².